The largest absolute Gasteiger partial charge is 0.508 e. The van der Waals surface area contributed by atoms with Crippen LogP contribution in [0, 0.1) is 5.92 Å². The van der Waals surface area contributed by atoms with Gasteiger partial charge in [0.2, 0.25) is 0 Å². The van der Waals surface area contributed by atoms with Gasteiger partial charge in [0.15, 0.2) is 0 Å². The van der Waals surface area contributed by atoms with Gasteiger partial charge in [-0.15, -0.1) is 0 Å². The zero-order chi connectivity index (χ0) is 14.5. The maximum absolute atomic E-state index is 10.1. The Morgan fingerprint density at radius 3 is 2.47 bits per heavy atom. The molecule has 0 aromatic heterocycles. The highest BCUT2D eigenvalue weighted by molar-refractivity contribution is 5.40. The molecule has 0 fully saturated rings. The molecule has 0 saturated carbocycles. The lowest BCUT2D eigenvalue weighted by Gasteiger charge is -2.30. The van der Waals surface area contributed by atoms with Crippen molar-refractivity contribution in [3.05, 3.63) is 29.3 Å². The molecule has 0 radical (unpaired) electrons. The van der Waals surface area contributed by atoms with Crippen molar-refractivity contribution in [3.63, 3.8) is 0 Å². The van der Waals surface area contributed by atoms with Gasteiger partial charge in [0, 0.05) is 12.7 Å². The molecule has 0 amide bonds. The van der Waals surface area contributed by atoms with E-state index in [-0.39, 0.29) is 12.4 Å². The SMILES string of the molecule is CO[C@@](C)(CCCC(C)C)c1ccc(CO)cc1O. The quantitative estimate of drug-likeness (QED) is 0.793. The number of hydrogen-bond acceptors (Lipinski definition) is 3. The van der Waals surface area contributed by atoms with E-state index in [4.69, 9.17) is 9.84 Å². The summed E-state index contributed by atoms with van der Waals surface area (Å²) in [5.74, 6) is 0.868. The first-order chi connectivity index (χ1) is 8.92. The van der Waals surface area contributed by atoms with Crippen LogP contribution in [0.3, 0.4) is 0 Å². The van der Waals surface area contributed by atoms with Crippen LogP contribution in [-0.4, -0.2) is 17.3 Å². The van der Waals surface area contributed by atoms with E-state index in [0.717, 1.165) is 24.8 Å². The van der Waals surface area contributed by atoms with Gasteiger partial charge < -0.3 is 14.9 Å². The molecule has 3 nitrogen and oxygen atoms in total. The number of aliphatic hydroxyl groups is 1. The highest BCUT2D eigenvalue weighted by atomic mass is 16.5. The molecule has 108 valence electrons. The van der Waals surface area contributed by atoms with Crippen LogP contribution in [0.25, 0.3) is 0 Å². The maximum atomic E-state index is 10.1. The number of rotatable bonds is 7. The van der Waals surface area contributed by atoms with Crippen LogP contribution in [-0.2, 0) is 16.9 Å². The van der Waals surface area contributed by atoms with E-state index < -0.39 is 5.60 Å². The molecule has 19 heavy (non-hydrogen) atoms. The summed E-state index contributed by atoms with van der Waals surface area (Å²) < 4.78 is 5.64. The third-order valence-electron chi connectivity index (χ3n) is 3.70. The Hall–Kier alpha value is -1.06. The van der Waals surface area contributed by atoms with E-state index in [1.807, 2.05) is 19.1 Å². The molecule has 0 aliphatic carbocycles. The molecular weight excluding hydrogens is 240 g/mol. The van der Waals surface area contributed by atoms with Crippen molar-refractivity contribution in [3.8, 4) is 5.75 Å². The number of methoxy groups -OCH3 is 1. The van der Waals surface area contributed by atoms with Gasteiger partial charge in [-0.25, -0.2) is 0 Å². The number of aromatic hydroxyl groups is 1. The molecule has 1 aromatic carbocycles. The van der Waals surface area contributed by atoms with Gasteiger partial charge >= 0.3 is 0 Å². The Labute approximate surface area is 116 Å². The van der Waals surface area contributed by atoms with Crippen LogP contribution in [0.15, 0.2) is 18.2 Å². The van der Waals surface area contributed by atoms with E-state index in [2.05, 4.69) is 13.8 Å². The van der Waals surface area contributed by atoms with Crippen LogP contribution in [0.2, 0.25) is 0 Å². The first-order valence-corrected chi connectivity index (χ1v) is 6.91. The zero-order valence-corrected chi connectivity index (χ0v) is 12.4. The van der Waals surface area contributed by atoms with Gasteiger partial charge in [-0.2, -0.15) is 0 Å². The van der Waals surface area contributed by atoms with Crippen molar-refractivity contribution < 1.29 is 14.9 Å². The van der Waals surface area contributed by atoms with E-state index in [0.29, 0.717) is 11.5 Å². The number of ether oxygens (including phenoxy) is 1. The number of phenolic OH excluding ortho intramolecular Hbond substituents is 1. The first-order valence-electron chi connectivity index (χ1n) is 6.91. The lowest BCUT2D eigenvalue weighted by atomic mass is 9.87. The van der Waals surface area contributed by atoms with Gasteiger partial charge in [0.25, 0.3) is 0 Å². The van der Waals surface area contributed by atoms with Gasteiger partial charge in [-0.3, -0.25) is 0 Å². The monoisotopic (exact) mass is 266 g/mol. The normalized spacial score (nSPS) is 14.6. The Bertz CT molecular complexity index is 401. The molecule has 0 heterocycles. The summed E-state index contributed by atoms with van der Waals surface area (Å²) >= 11 is 0. The van der Waals surface area contributed by atoms with Crippen molar-refractivity contribution in [2.24, 2.45) is 5.92 Å². The molecule has 1 aromatic rings. The average molecular weight is 266 g/mol. The second-order valence-electron chi connectivity index (χ2n) is 5.73. The van der Waals surface area contributed by atoms with Gasteiger partial charge in [0.05, 0.1) is 12.2 Å². The molecule has 0 aliphatic rings. The predicted molar refractivity (Wildman–Crippen MR) is 77.1 cm³/mol. The molecule has 1 rings (SSSR count). The minimum atomic E-state index is -0.479. The van der Waals surface area contributed by atoms with Crippen LogP contribution in [0.1, 0.15) is 51.2 Å². The summed E-state index contributed by atoms with van der Waals surface area (Å²) in [7, 11) is 1.68. The summed E-state index contributed by atoms with van der Waals surface area (Å²) in [5.41, 5.74) is 1.02. The molecular formula is C16H26O3. The molecule has 0 spiro atoms. The fourth-order valence-corrected chi connectivity index (χ4v) is 2.32. The van der Waals surface area contributed by atoms with Crippen molar-refractivity contribution in [2.45, 2.75) is 52.2 Å². The summed E-state index contributed by atoms with van der Waals surface area (Å²) in [6, 6.07) is 5.28. The van der Waals surface area contributed by atoms with Crippen molar-refractivity contribution in [1.29, 1.82) is 0 Å². The predicted octanol–water partition coefficient (Wildman–Crippen LogP) is 3.57. The van der Waals surface area contributed by atoms with E-state index in [1.54, 1.807) is 13.2 Å². The van der Waals surface area contributed by atoms with Crippen molar-refractivity contribution in [1.82, 2.24) is 0 Å². The summed E-state index contributed by atoms with van der Waals surface area (Å²) in [6.45, 7) is 6.35. The smallest absolute Gasteiger partial charge is 0.122 e. The second-order valence-corrected chi connectivity index (χ2v) is 5.73. The molecule has 0 unspecified atom stereocenters. The third-order valence-corrected chi connectivity index (χ3v) is 3.70. The Morgan fingerprint density at radius 1 is 1.32 bits per heavy atom. The third kappa shape index (κ3) is 4.22. The maximum Gasteiger partial charge on any atom is 0.122 e. The van der Waals surface area contributed by atoms with Gasteiger partial charge in [-0.05, 0) is 37.3 Å². The second kappa shape index (κ2) is 6.92. The lowest BCUT2D eigenvalue weighted by molar-refractivity contribution is -0.00979. The number of phenols is 1. The Balaban J connectivity index is 2.88. The molecule has 1 atom stereocenters. The molecule has 3 heteroatoms. The highest BCUT2D eigenvalue weighted by Crippen LogP contribution is 2.36. The first kappa shape index (κ1) is 16.0. The van der Waals surface area contributed by atoms with Crippen LogP contribution < -0.4 is 0 Å². The van der Waals surface area contributed by atoms with E-state index in [9.17, 15) is 5.11 Å². The minimum Gasteiger partial charge on any atom is -0.508 e. The Kier molecular flexibility index (Phi) is 5.83. The van der Waals surface area contributed by atoms with Crippen molar-refractivity contribution in [2.75, 3.05) is 7.11 Å². The molecule has 2 N–H and O–H groups in total. The van der Waals surface area contributed by atoms with Gasteiger partial charge in [0.1, 0.15) is 5.75 Å². The van der Waals surface area contributed by atoms with E-state index >= 15 is 0 Å². The molecule has 0 bridgehead atoms. The minimum absolute atomic E-state index is 0.0646. The summed E-state index contributed by atoms with van der Waals surface area (Å²) in [5, 5.41) is 19.2. The van der Waals surface area contributed by atoms with Crippen LogP contribution in [0.4, 0.5) is 0 Å². The highest BCUT2D eigenvalue weighted by Gasteiger charge is 2.28. The van der Waals surface area contributed by atoms with Crippen LogP contribution in [0.5, 0.6) is 5.75 Å². The number of aliphatic hydroxyl groups excluding tert-OH is 1. The molecule has 0 aliphatic heterocycles. The van der Waals surface area contributed by atoms with E-state index in [1.165, 1.54) is 0 Å². The Morgan fingerprint density at radius 2 is 2.00 bits per heavy atom. The number of hydrogen-bond donors (Lipinski definition) is 2. The zero-order valence-electron chi connectivity index (χ0n) is 12.4. The fraction of sp³-hybridized carbons (Fsp3) is 0.625. The number of benzene rings is 1. The van der Waals surface area contributed by atoms with Crippen LogP contribution >= 0.6 is 0 Å². The van der Waals surface area contributed by atoms with Gasteiger partial charge in [-0.1, -0.05) is 32.4 Å². The lowest BCUT2D eigenvalue weighted by Crippen LogP contribution is -2.24. The molecule has 0 saturated heterocycles. The average Bonchev–Trinajstić information content (AvgIpc) is 2.37. The fourth-order valence-electron chi connectivity index (χ4n) is 2.32. The standard InChI is InChI=1S/C16H26O3/c1-12(2)6-5-9-16(3,19-4)14-8-7-13(11-17)10-15(14)18/h7-8,10,12,17-18H,5-6,9,11H2,1-4H3/t16-/m0/s1. The summed E-state index contributed by atoms with van der Waals surface area (Å²) in [4.78, 5) is 0. The van der Waals surface area contributed by atoms with Crippen molar-refractivity contribution >= 4 is 0 Å². The summed E-state index contributed by atoms with van der Waals surface area (Å²) in [6.07, 6.45) is 3.07. The topological polar surface area (TPSA) is 49.7 Å².